The van der Waals surface area contributed by atoms with Crippen LogP contribution in [0.4, 0.5) is 0 Å². The van der Waals surface area contributed by atoms with Crippen LogP contribution in [0.3, 0.4) is 0 Å². The third-order valence-electron chi connectivity index (χ3n) is 3.65. The number of benzene rings is 1. The van der Waals surface area contributed by atoms with Crippen LogP contribution in [0.1, 0.15) is 37.7 Å². The molecule has 114 valence electrons. The van der Waals surface area contributed by atoms with E-state index in [2.05, 4.69) is 10.6 Å². The highest BCUT2D eigenvalue weighted by Crippen LogP contribution is 2.17. The van der Waals surface area contributed by atoms with Crippen molar-refractivity contribution >= 4 is 23.2 Å². The van der Waals surface area contributed by atoms with E-state index < -0.39 is 0 Å². The Balaban J connectivity index is 1.71. The maximum absolute atomic E-state index is 11.8. The van der Waals surface area contributed by atoms with E-state index >= 15 is 0 Å². The first kappa shape index (κ1) is 15.8. The molecule has 2 N–H and O–H groups in total. The third-order valence-corrected chi connectivity index (χ3v) is 3.87. The number of aryl methyl sites for hydroxylation is 1. The zero-order chi connectivity index (χ0) is 15.1. The van der Waals surface area contributed by atoms with E-state index in [4.69, 9.17) is 17.0 Å². The summed E-state index contributed by atoms with van der Waals surface area (Å²) in [7, 11) is 0. The van der Waals surface area contributed by atoms with Crippen molar-refractivity contribution in [1.29, 1.82) is 0 Å². The van der Waals surface area contributed by atoms with Crippen LogP contribution in [0.15, 0.2) is 24.3 Å². The molecular weight excluding hydrogens is 284 g/mol. The molecule has 0 aromatic heterocycles. The van der Waals surface area contributed by atoms with Gasteiger partial charge in [0.2, 0.25) is 0 Å². The number of carbonyl (C=O) groups excluding carboxylic acids is 1. The average Bonchev–Trinajstić information content (AvgIpc) is 2.47. The lowest BCUT2D eigenvalue weighted by Crippen LogP contribution is -2.46. The summed E-state index contributed by atoms with van der Waals surface area (Å²) in [5.74, 6) is 0.491. The van der Waals surface area contributed by atoms with Crippen molar-refractivity contribution in [2.24, 2.45) is 0 Å². The van der Waals surface area contributed by atoms with Gasteiger partial charge in [0, 0.05) is 6.04 Å². The topological polar surface area (TPSA) is 50.4 Å². The molecule has 0 aliphatic heterocycles. The molecule has 1 aromatic carbocycles. The van der Waals surface area contributed by atoms with Gasteiger partial charge in [-0.2, -0.15) is 0 Å². The minimum Gasteiger partial charge on any atom is -0.483 e. The molecule has 1 saturated carbocycles. The van der Waals surface area contributed by atoms with Crippen LogP contribution in [0.25, 0.3) is 0 Å². The van der Waals surface area contributed by atoms with Gasteiger partial charge in [0.1, 0.15) is 5.75 Å². The summed E-state index contributed by atoms with van der Waals surface area (Å²) < 4.78 is 5.49. The summed E-state index contributed by atoms with van der Waals surface area (Å²) in [5.41, 5.74) is 1.01. The van der Waals surface area contributed by atoms with E-state index in [0.29, 0.717) is 11.2 Å². The number of nitrogens with one attached hydrogen (secondary N) is 2. The molecule has 1 amide bonds. The molecule has 0 atom stereocenters. The largest absolute Gasteiger partial charge is 0.483 e. The Hall–Kier alpha value is -1.62. The van der Waals surface area contributed by atoms with Gasteiger partial charge >= 0.3 is 0 Å². The molecule has 0 spiro atoms. The Kier molecular flexibility index (Phi) is 5.99. The maximum atomic E-state index is 11.8. The third kappa shape index (κ3) is 5.34. The van der Waals surface area contributed by atoms with E-state index in [1.165, 1.54) is 19.3 Å². The minimum absolute atomic E-state index is 0.0304. The standard InChI is InChI=1S/C16H22N2O2S/c1-12-7-5-6-10-14(12)20-11-15(19)18-16(21)17-13-8-3-2-4-9-13/h5-7,10,13H,2-4,8-9,11H2,1H3,(H2,17,18,19,21). The van der Waals surface area contributed by atoms with Gasteiger partial charge in [-0.15, -0.1) is 0 Å². The highest BCUT2D eigenvalue weighted by Gasteiger charge is 2.15. The molecule has 1 aliphatic rings. The van der Waals surface area contributed by atoms with Crippen molar-refractivity contribution in [1.82, 2.24) is 10.6 Å². The summed E-state index contributed by atoms with van der Waals surface area (Å²) in [5, 5.41) is 6.28. The number of hydrogen-bond acceptors (Lipinski definition) is 3. The molecule has 2 rings (SSSR count). The zero-order valence-electron chi connectivity index (χ0n) is 12.4. The van der Waals surface area contributed by atoms with E-state index in [9.17, 15) is 4.79 Å². The van der Waals surface area contributed by atoms with Gasteiger partial charge in [-0.1, -0.05) is 37.5 Å². The molecule has 0 saturated heterocycles. The quantitative estimate of drug-likeness (QED) is 0.840. The van der Waals surface area contributed by atoms with Crippen molar-refractivity contribution in [2.75, 3.05) is 6.61 Å². The molecule has 0 heterocycles. The van der Waals surface area contributed by atoms with Gasteiger partial charge in [0.05, 0.1) is 0 Å². The molecular formula is C16H22N2O2S. The van der Waals surface area contributed by atoms with Crippen LogP contribution in [-0.2, 0) is 4.79 Å². The van der Waals surface area contributed by atoms with Crippen molar-refractivity contribution in [3.8, 4) is 5.75 Å². The lowest BCUT2D eigenvalue weighted by atomic mass is 9.96. The van der Waals surface area contributed by atoms with Crippen LogP contribution in [0.5, 0.6) is 5.75 Å². The second kappa shape index (κ2) is 7.98. The van der Waals surface area contributed by atoms with Gasteiger partial charge in [-0.25, -0.2) is 0 Å². The minimum atomic E-state index is -0.230. The molecule has 0 radical (unpaired) electrons. The summed E-state index contributed by atoms with van der Waals surface area (Å²) in [6, 6.07) is 8.01. The lowest BCUT2D eigenvalue weighted by molar-refractivity contribution is -0.121. The monoisotopic (exact) mass is 306 g/mol. The number of ether oxygens (including phenoxy) is 1. The van der Waals surface area contributed by atoms with E-state index in [1.54, 1.807) is 0 Å². The second-order valence-electron chi connectivity index (χ2n) is 5.41. The molecule has 21 heavy (non-hydrogen) atoms. The highest BCUT2D eigenvalue weighted by molar-refractivity contribution is 7.80. The molecule has 4 nitrogen and oxygen atoms in total. The van der Waals surface area contributed by atoms with E-state index in [1.807, 2.05) is 31.2 Å². The van der Waals surface area contributed by atoms with Crippen molar-refractivity contribution in [3.63, 3.8) is 0 Å². The van der Waals surface area contributed by atoms with E-state index in [0.717, 1.165) is 24.2 Å². The zero-order valence-corrected chi connectivity index (χ0v) is 13.2. The smallest absolute Gasteiger partial charge is 0.264 e. The molecule has 1 fully saturated rings. The van der Waals surface area contributed by atoms with Gasteiger partial charge in [0.15, 0.2) is 11.7 Å². The number of amides is 1. The normalized spacial score (nSPS) is 15.3. The summed E-state index contributed by atoms with van der Waals surface area (Å²) in [6.07, 6.45) is 5.99. The number of rotatable bonds is 4. The van der Waals surface area contributed by atoms with Gasteiger partial charge in [0.25, 0.3) is 5.91 Å². The van der Waals surface area contributed by atoms with Crippen LogP contribution in [0.2, 0.25) is 0 Å². The first-order valence-corrected chi connectivity index (χ1v) is 7.85. The first-order chi connectivity index (χ1) is 10.1. The molecule has 1 aliphatic carbocycles. The predicted octanol–water partition coefficient (Wildman–Crippen LogP) is 2.70. The molecule has 0 unspecified atom stereocenters. The summed E-state index contributed by atoms with van der Waals surface area (Å²) >= 11 is 5.17. The first-order valence-electron chi connectivity index (χ1n) is 7.44. The molecule has 1 aromatic rings. The van der Waals surface area contributed by atoms with Crippen LogP contribution in [-0.4, -0.2) is 23.7 Å². The van der Waals surface area contributed by atoms with Gasteiger partial charge in [-0.3, -0.25) is 4.79 Å². The van der Waals surface area contributed by atoms with Crippen molar-refractivity contribution in [2.45, 2.75) is 45.1 Å². The predicted molar refractivity (Wildman–Crippen MR) is 87.4 cm³/mol. The van der Waals surface area contributed by atoms with Crippen molar-refractivity contribution in [3.05, 3.63) is 29.8 Å². The number of hydrogen-bond donors (Lipinski definition) is 2. The van der Waals surface area contributed by atoms with Crippen LogP contribution < -0.4 is 15.4 Å². The fraction of sp³-hybridized carbons (Fsp3) is 0.500. The number of thiocarbonyl (C=S) groups is 1. The summed E-state index contributed by atoms with van der Waals surface area (Å²) in [6.45, 7) is 1.92. The van der Waals surface area contributed by atoms with E-state index in [-0.39, 0.29) is 12.5 Å². The van der Waals surface area contributed by atoms with Gasteiger partial charge < -0.3 is 15.4 Å². The van der Waals surface area contributed by atoms with Gasteiger partial charge in [-0.05, 0) is 43.6 Å². The number of para-hydroxylation sites is 1. The second-order valence-corrected chi connectivity index (χ2v) is 5.82. The average molecular weight is 306 g/mol. The van der Waals surface area contributed by atoms with Crippen molar-refractivity contribution < 1.29 is 9.53 Å². The Labute approximate surface area is 131 Å². The Bertz CT molecular complexity index is 499. The van der Waals surface area contributed by atoms with Crippen LogP contribution in [0, 0.1) is 6.92 Å². The number of carbonyl (C=O) groups is 1. The fourth-order valence-electron chi connectivity index (χ4n) is 2.49. The van der Waals surface area contributed by atoms with Crippen LogP contribution >= 0.6 is 12.2 Å². The molecule has 5 heteroatoms. The Morgan fingerprint density at radius 1 is 1.29 bits per heavy atom. The Morgan fingerprint density at radius 3 is 2.71 bits per heavy atom. The molecule has 0 bridgehead atoms. The lowest BCUT2D eigenvalue weighted by Gasteiger charge is -2.24. The maximum Gasteiger partial charge on any atom is 0.264 e. The fourth-order valence-corrected chi connectivity index (χ4v) is 2.77. The highest BCUT2D eigenvalue weighted by atomic mass is 32.1. The Morgan fingerprint density at radius 2 is 2.00 bits per heavy atom. The SMILES string of the molecule is Cc1ccccc1OCC(=O)NC(=S)NC1CCCCC1. The summed E-state index contributed by atoms with van der Waals surface area (Å²) in [4.78, 5) is 11.8.